The van der Waals surface area contributed by atoms with E-state index in [1.54, 1.807) is 18.3 Å². The molecule has 6 nitrogen and oxygen atoms in total. The van der Waals surface area contributed by atoms with Crippen LogP contribution >= 0.6 is 11.8 Å². The summed E-state index contributed by atoms with van der Waals surface area (Å²) < 4.78 is 31.1. The van der Waals surface area contributed by atoms with Crippen molar-refractivity contribution in [3.05, 3.63) is 54.0 Å². The summed E-state index contributed by atoms with van der Waals surface area (Å²) in [5, 5.41) is 6.95. The Morgan fingerprint density at radius 3 is 2.73 bits per heavy atom. The van der Waals surface area contributed by atoms with Crippen molar-refractivity contribution in [1.29, 1.82) is 0 Å². The third kappa shape index (κ3) is 4.42. The molecule has 0 unspecified atom stereocenters. The zero-order chi connectivity index (χ0) is 18.5. The predicted octanol–water partition coefficient (Wildman–Crippen LogP) is 3.70. The van der Waals surface area contributed by atoms with Crippen LogP contribution < -0.4 is 5.32 Å². The number of anilines is 1. The van der Waals surface area contributed by atoms with Crippen molar-refractivity contribution in [3.8, 4) is 11.5 Å². The zero-order valence-corrected chi connectivity index (χ0v) is 14.5. The minimum absolute atomic E-state index is 0.0753. The molecule has 0 bridgehead atoms. The van der Waals surface area contributed by atoms with Crippen molar-refractivity contribution in [3.63, 3.8) is 0 Å². The van der Waals surface area contributed by atoms with Gasteiger partial charge in [-0.3, -0.25) is 4.79 Å². The van der Waals surface area contributed by atoms with E-state index in [4.69, 9.17) is 4.52 Å². The van der Waals surface area contributed by atoms with Gasteiger partial charge in [-0.05, 0) is 24.3 Å². The molecule has 0 radical (unpaired) electrons. The molecule has 3 aromatic rings. The molecular formula is C17H14F2N4O2S. The zero-order valence-electron chi connectivity index (χ0n) is 13.7. The smallest absolute Gasteiger partial charge is 0.259 e. The Hall–Kier alpha value is -2.81. The summed E-state index contributed by atoms with van der Waals surface area (Å²) in [6.07, 6.45) is 2.26. The Balaban J connectivity index is 1.55. The molecule has 0 atom stereocenters. The van der Waals surface area contributed by atoms with Crippen LogP contribution in [0.4, 0.5) is 14.5 Å². The van der Waals surface area contributed by atoms with Gasteiger partial charge in [0.15, 0.2) is 17.5 Å². The van der Waals surface area contributed by atoms with Gasteiger partial charge in [0.05, 0.1) is 16.3 Å². The highest BCUT2D eigenvalue weighted by Gasteiger charge is 2.10. The van der Waals surface area contributed by atoms with Crippen LogP contribution in [0.5, 0.6) is 0 Å². The molecule has 1 amide bonds. The lowest BCUT2D eigenvalue weighted by Gasteiger charge is -2.05. The number of pyridine rings is 1. The summed E-state index contributed by atoms with van der Waals surface area (Å²) in [6.45, 7) is 1.93. The molecular weight excluding hydrogens is 362 g/mol. The van der Waals surface area contributed by atoms with Gasteiger partial charge in [0.1, 0.15) is 0 Å². The summed E-state index contributed by atoms with van der Waals surface area (Å²) in [5.74, 6) is -1.24. The van der Waals surface area contributed by atoms with Gasteiger partial charge in [-0.15, -0.1) is 0 Å². The van der Waals surface area contributed by atoms with Crippen LogP contribution in [0.1, 0.15) is 12.7 Å². The first kappa shape index (κ1) is 18.0. The molecule has 0 fully saturated rings. The maximum absolute atomic E-state index is 13.1. The first-order valence-electron chi connectivity index (χ1n) is 7.72. The Labute approximate surface area is 152 Å². The number of aryl methyl sites for hydroxylation is 1. The highest BCUT2D eigenvalue weighted by atomic mass is 32.2. The van der Waals surface area contributed by atoms with E-state index in [9.17, 15) is 13.6 Å². The number of benzene rings is 1. The highest BCUT2D eigenvalue weighted by Crippen LogP contribution is 2.21. The molecule has 0 saturated carbocycles. The number of hydrogen-bond donors (Lipinski definition) is 1. The van der Waals surface area contributed by atoms with Gasteiger partial charge in [-0.1, -0.05) is 23.8 Å². The summed E-state index contributed by atoms with van der Waals surface area (Å²) in [5.41, 5.74) is 0.883. The van der Waals surface area contributed by atoms with Gasteiger partial charge in [-0.2, -0.15) is 4.98 Å². The lowest BCUT2D eigenvalue weighted by atomic mass is 10.3. The lowest BCUT2D eigenvalue weighted by molar-refractivity contribution is -0.113. The largest absolute Gasteiger partial charge is 0.334 e. The molecule has 1 N–H and O–H groups in total. The van der Waals surface area contributed by atoms with Crippen LogP contribution in [-0.2, 0) is 11.2 Å². The minimum Gasteiger partial charge on any atom is -0.334 e. The van der Waals surface area contributed by atoms with E-state index < -0.39 is 11.6 Å². The van der Waals surface area contributed by atoms with Crippen molar-refractivity contribution >= 4 is 23.4 Å². The van der Waals surface area contributed by atoms with E-state index in [0.717, 1.165) is 12.1 Å². The van der Waals surface area contributed by atoms with Crippen LogP contribution in [-0.4, -0.2) is 26.8 Å². The van der Waals surface area contributed by atoms with E-state index in [2.05, 4.69) is 20.4 Å². The monoisotopic (exact) mass is 376 g/mol. The SMILES string of the molecule is CCc1noc(-c2ccc(SCC(=O)Nc3ccc(F)c(F)c3)nc2)n1. The molecule has 2 heterocycles. The third-order valence-electron chi connectivity index (χ3n) is 3.32. The molecule has 2 aromatic heterocycles. The van der Waals surface area contributed by atoms with Crippen molar-refractivity contribution < 1.29 is 18.1 Å². The standard InChI is InChI=1S/C17H14F2N4O2S/c1-2-14-22-17(25-23-14)10-3-6-16(20-8-10)26-9-15(24)21-11-4-5-12(18)13(19)7-11/h3-8H,2,9H2,1H3,(H,21,24). The molecule has 26 heavy (non-hydrogen) atoms. The number of aromatic nitrogens is 3. The maximum atomic E-state index is 13.1. The maximum Gasteiger partial charge on any atom is 0.259 e. The van der Waals surface area contributed by atoms with Crippen LogP contribution in [0, 0.1) is 11.6 Å². The first-order chi connectivity index (χ1) is 12.5. The summed E-state index contributed by atoms with van der Waals surface area (Å²) in [4.78, 5) is 20.4. The van der Waals surface area contributed by atoms with Gasteiger partial charge in [0, 0.05) is 24.4 Å². The lowest BCUT2D eigenvalue weighted by Crippen LogP contribution is -2.14. The Morgan fingerprint density at radius 2 is 2.08 bits per heavy atom. The number of carbonyl (C=O) groups is 1. The van der Waals surface area contributed by atoms with E-state index in [1.165, 1.54) is 17.8 Å². The normalized spacial score (nSPS) is 10.7. The first-order valence-corrected chi connectivity index (χ1v) is 8.70. The van der Waals surface area contributed by atoms with Crippen LogP contribution in [0.3, 0.4) is 0 Å². The molecule has 9 heteroatoms. The molecule has 0 saturated heterocycles. The van der Waals surface area contributed by atoms with Crippen molar-refractivity contribution in [2.24, 2.45) is 0 Å². The number of carbonyl (C=O) groups excluding carboxylic acids is 1. The van der Waals surface area contributed by atoms with Crippen molar-refractivity contribution in [2.45, 2.75) is 18.4 Å². The number of hydrogen-bond acceptors (Lipinski definition) is 6. The van der Waals surface area contributed by atoms with Crippen LogP contribution in [0.25, 0.3) is 11.5 Å². The minimum atomic E-state index is -1.01. The highest BCUT2D eigenvalue weighted by molar-refractivity contribution is 7.99. The van der Waals surface area contributed by atoms with Crippen molar-refractivity contribution in [2.75, 3.05) is 11.1 Å². The van der Waals surface area contributed by atoms with E-state index in [-0.39, 0.29) is 17.3 Å². The molecule has 134 valence electrons. The fraction of sp³-hybridized carbons (Fsp3) is 0.176. The second-order valence-electron chi connectivity index (χ2n) is 5.22. The van der Waals surface area contributed by atoms with Gasteiger partial charge >= 0.3 is 0 Å². The van der Waals surface area contributed by atoms with E-state index in [0.29, 0.717) is 28.7 Å². The Morgan fingerprint density at radius 1 is 1.23 bits per heavy atom. The fourth-order valence-electron chi connectivity index (χ4n) is 2.02. The molecule has 1 aromatic carbocycles. The fourth-order valence-corrected chi connectivity index (χ4v) is 2.66. The Kier molecular flexibility index (Phi) is 5.57. The number of halogens is 2. The second kappa shape index (κ2) is 8.05. The topological polar surface area (TPSA) is 80.9 Å². The number of thioether (sulfide) groups is 1. The van der Waals surface area contributed by atoms with Gasteiger partial charge < -0.3 is 9.84 Å². The third-order valence-corrected chi connectivity index (χ3v) is 4.27. The number of amides is 1. The van der Waals surface area contributed by atoms with Gasteiger partial charge in [-0.25, -0.2) is 13.8 Å². The van der Waals surface area contributed by atoms with Gasteiger partial charge in [0.25, 0.3) is 5.89 Å². The number of rotatable bonds is 6. The Bertz CT molecular complexity index is 915. The summed E-state index contributed by atoms with van der Waals surface area (Å²) in [6, 6.07) is 6.69. The summed E-state index contributed by atoms with van der Waals surface area (Å²) in [7, 11) is 0. The molecule has 0 spiro atoms. The average molecular weight is 376 g/mol. The number of nitrogens with one attached hydrogen (secondary N) is 1. The van der Waals surface area contributed by atoms with Crippen LogP contribution in [0.15, 0.2) is 46.1 Å². The second-order valence-corrected chi connectivity index (χ2v) is 6.22. The average Bonchev–Trinajstić information content (AvgIpc) is 3.13. The predicted molar refractivity (Wildman–Crippen MR) is 92.6 cm³/mol. The molecule has 3 rings (SSSR count). The van der Waals surface area contributed by atoms with Crippen molar-refractivity contribution in [1.82, 2.24) is 15.1 Å². The van der Waals surface area contributed by atoms with Crippen LogP contribution in [0.2, 0.25) is 0 Å². The molecule has 0 aliphatic carbocycles. The molecule has 0 aliphatic rings. The summed E-state index contributed by atoms with van der Waals surface area (Å²) >= 11 is 1.21. The van der Waals surface area contributed by atoms with E-state index >= 15 is 0 Å². The molecule has 0 aliphatic heterocycles. The van der Waals surface area contributed by atoms with Gasteiger partial charge in [0.2, 0.25) is 5.91 Å². The van der Waals surface area contributed by atoms with E-state index in [1.807, 2.05) is 6.92 Å². The number of nitrogens with zero attached hydrogens (tertiary/aromatic N) is 3. The quantitative estimate of drug-likeness (QED) is 0.661.